The molecule has 3 heteroatoms. The molecule has 1 aliphatic rings. The molecule has 0 radical (unpaired) electrons. The molecule has 1 rings (SSSR count). The number of amides is 1. The molecule has 23 heavy (non-hydrogen) atoms. The molecular weight excluding hydrogens is 286 g/mol. The first-order valence-electron chi connectivity index (χ1n) is 8.41. The zero-order valence-corrected chi connectivity index (χ0v) is 15.9. The van der Waals surface area contributed by atoms with Gasteiger partial charge in [-0.25, -0.2) is 0 Å². The van der Waals surface area contributed by atoms with E-state index >= 15 is 0 Å². The van der Waals surface area contributed by atoms with Gasteiger partial charge in [0.2, 0.25) is 5.91 Å². The van der Waals surface area contributed by atoms with Crippen LogP contribution >= 0.6 is 0 Å². The maximum Gasteiger partial charge on any atom is 0.247 e. The number of likely N-dealkylation sites (N-methyl/N-ethyl adjacent to an activating group) is 1. The fourth-order valence-corrected chi connectivity index (χ4v) is 2.62. The lowest BCUT2D eigenvalue weighted by molar-refractivity contribution is -0.125. The van der Waals surface area contributed by atoms with Gasteiger partial charge < -0.3 is 4.90 Å². The Hall–Kier alpha value is -1.64. The van der Waals surface area contributed by atoms with Crippen molar-refractivity contribution < 1.29 is 9.59 Å². The van der Waals surface area contributed by atoms with Crippen LogP contribution in [0.5, 0.6) is 0 Å². The molecule has 0 atom stereocenters. The van der Waals surface area contributed by atoms with E-state index in [0.29, 0.717) is 13.1 Å². The lowest BCUT2D eigenvalue weighted by Crippen LogP contribution is -2.30. The van der Waals surface area contributed by atoms with Gasteiger partial charge in [0, 0.05) is 30.3 Å². The van der Waals surface area contributed by atoms with Crippen molar-refractivity contribution >= 4 is 11.7 Å². The highest BCUT2D eigenvalue weighted by Gasteiger charge is 2.34. The predicted octanol–water partition coefficient (Wildman–Crippen LogP) is 4.31. The van der Waals surface area contributed by atoms with Crippen molar-refractivity contribution in [3.8, 4) is 0 Å². The third-order valence-corrected chi connectivity index (χ3v) is 4.09. The minimum atomic E-state index is -0.251. The van der Waals surface area contributed by atoms with Crippen LogP contribution in [-0.4, -0.2) is 29.7 Å². The smallest absolute Gasteiger partial charge is 0.247 e. The van der Waals surface area contributed by atoms with Gasteiger partial charge >= 0.3 is 0 Å². The molecule has 0 aromatic rings. The Morgan fingerprint density at radius 3 is 1.65 bits per heavy atom. The van der Waals surface area contributed by atoms with Crippen LogP contribution in [0.15, 0.2) is 34.9 Å². The van der Waals surface area contributed by atoms with Gasteiger partial charge in [0.05, 0.1) is 0 Å². The fraction of sp³-hybridized carbons (Fsp3) is 0.600. The summed E-state index contributed by atoms with van der Waals surface area (Å²) in [6.45, 7) is 17.5. The van der Waals surface area contributed by atoms with Crippen molar-refractivity contribution in [2.75, 3.05) is 13.1 Å². The maximum absolute atomic E-state index is 12.8. The van der Waals surface area contributed by atoms with Crippen LogP contribution in [0, 0.1) is 10.8 Å². The maximum atomic E-state index is 12.8. The molecule has 1 aliphatic carbocycles. The van der Waals surface area contributed by atoms with Crippen molar-refractivity contribution in [2.24, 2.45) is 10.8 Å². The van der Waals surface area contributed by atoms with E-state index in [1.807, 2.05) is 67.5 Å². The first-order chi connectivity index (χ1) is 10.4. The van der Waals surface area contributed by atoms with Crippen molar-refractivity contribution in [1.29, 1.82) is 0 Å². The Kier molecular flexibility index (Phi) is 5.79. The minimum absolute atomic E-state index is 0.00614. The predicted molar refractivity (Wildman–Crippen MR) is 96.1 cm³/mol. The van der Waals surface area contributed by atoms with E-state index in [2.05, 4.69) is 0 Å². The van der Waals surface area contributed by atoms with Gasteiger partial charge in [-0.3, -0.25) is 9.59 Å². The molecule has 0 unspecified atom stereocenters. The number of nitrogens with zero attached hydrogens (tertiary/aromatic N) is 1. The van der Waals surface area contributed by atoms with E-state index in [9.17, 15) is 9.59 Å². The van der Waals surface area contributed by atoms with Crippen LogP contribution in [0.4, 0.5) is 0 Å². The Bertz CT molecular complexity index is 538. The van der Waals surface area contributed by atoms with Gasteiger partial charge in [-0.1, -0.05) is 41.5 Å². The summed E-state index contributed by atoms with van der Waals surface area (Å²) in [5.41, 5.74) is 1.85. The summed E-state index contributed by atoms with van der Waals surface area (Å²) < 4.78 is 0. The molecule has 0 aromatic carbocycles. The molecule has 1 amide bonds. The normalized spacial score (nSPS) is 16.0. The van der Waals surface area contributed by atoms with Gasteiger partial charge in [0.1, 0.15) is 0 Å². The van der Waals surface area contributed by atoms with Crippen LogP contribution in [0.1, 0.15) is 55.4 Å². The SMILES string of the molecule is CCN(CC)C(=O)C=C1C=C(C(C)(C)C)C(=O)C(C(C)(C)C)=C1. The summed E-state index contributed by atoms with van der Waals surface area (Å²) in [6, 6.07) is 0. The van der Waals surface area contributed by atoms with E-state index in [4.69, 9.17) is 0 Å². The van der Waals surface area contributed by atoms with E-state index in [1.54, 1.807) is 11.0 Å². The quantitative estimate of drug-likeness (QED) is 0.727. The highest BCUT2D eigenvalue weighted by atomic mass is 16.2. The lowest BCUT2D eigenvalue weighted by atomic mass is 9.72. The first-order valence-corrected chi connectivity index (χ1v) is 8.41. The second-order valence-electron chi connectivity index (χ2n) is 8.10. The van der Waals surface area contributed by atoms with Gasteiger partial charge in [-0.15, -0.1) is 0 Å². The van der Waals surface area contributed by atoms with Crippen molar-refractivity contribution in [3.63, 3.8) is 0 Å². The second kappa shape index (κ2) is 6.86. The summed E-state index contributed by atoms with van der Waals surface area (Å²) in [7, 11) is 0. The Balaban J connectivity index is 3.39. The molecule has 0 fully saturated rings. The second-order valence-corrected chi connectivity index (χ2v) is 8.10. The monoisotopic (exact) mass is 317 g/mol. The highest BCUT2D eigenvalue weighted by molar-refractivity contribution is 6.12. The van der Waals surface area contributed by atoms with Crippen molar-refractivity contribution in [3.05, 3.63) is 34.9 Å². The minimum Gasteiger partial charge on any atom is -0.340 e. The summed E-state index contributed by atoms with van der Waals surface area (Å²) in [4.78, 5) is 27.0. The van der Waals surface area contributed by atoms with Gasteiger partial charge in [0.25, 0.3) is 0 Å². The van der Waals surface area contributed by atoms with Crippen LogP contribution in [-0.2, 0) is 9.59 Å². The van der Waals surface area contributed by atoms with Gasteiger partial charge in [-0.2, -0.15) is 0 Å². The lowest BCUT2D eigenvalue weighted by Gasteiger charge is -2.31. The molecule has 0 aliphatic heterocycles. The third kappa shape index (κ3) is 4.66. The topological polar surface area (TPSA) is 37.4 Å². The molecular formula is C20H31NO2. The molecule has 128 valence electrons. The van der Waals surface area contributed by atoms with Crippen LogP contribution < -0.4 is 0 Å². The molecule has 0 spiro atoms. The third-order valence-electron chi connectivity index (χ3n) is 4.09. The number of ketones is 1. The summed E-state index contributed by atoms with van der Waals surface area (Å²) >= 11 is 0. The zero-order chi connectivity index (χ0) is 18.0. The Morgan fingerprint density at radius 1 is 0.957 bits per heavy atom. The number of Topliss-reactive ketones (excluding diaryl/α,β-unsaturated/α-hetero) is 1. The molecule has 0 bridgehead atoms. The highest BCUT2D eigenvalue weighted by Crippen LogP contribution is 2.38. The Labute approximate surface area is 141 Å². The number of carbonyl (C=O) groups is 2. The van der Waals surface area contributed by atoms with Gasteiger partial charge in [0.15, 0.2) is 5.78 Å². The molecule has 0 heterocycles. The summed E-state index contributed by atoms with van der Waals surface area (Å²) in [5, 5.41) is 0. The summed E-state index contributed by atoms with van der Waals surface area (Å²) in [6.07, 6.45) is 5.40. The molecule has 0 aromatic heterocycles. The summed E-state index contributed by atoms with van der Waals surface area (Å²) in [5.74, 6) is 0.0887. The average Bonchev–Trinajstić information content (AvgIpc) is 2.39. The van der Waals surface area contributed by atoms with Gasteiger partial charge in [-0.05, 0) is 42.4 Å². The van der Waals surface area contributed by atoms with Crippen LogP contribution in [0.3, 0.4) is 0 Å². The van der Waals surface area contributed by atoms with Crippen molar-refractivity contribution in [1.82, 2.24) is 4.90 Å². The van der Waals surface area contributed by atoms with E-state index < -0.39 is 0 Å². The number of allylic oxidation sites excluding steroid dienone is 5. The van der Waals surface area contributed by atoms with Crippen LogP contribution in [0.25, 0.3) is 0 Å². The molecule has 0 N–H and O–H groups in total. The van der Waals surface area contributed by atoms with E-state index in [1.165, 1.54) is 0 Å². The number of carbonyl (C=O) groups excluding carboxylic acids is 2. The largest absolute Gasteiger partial charge is 0.340 e. The number of rotatable bonds is 3. The average molecular weight is 317 g/mol. The number of hydrogen-bond acceptors (Lipinski definition) is 2. The molecule has 3 nitrogen and oxygen atoms in total. The Morgan fingerprint density at radius 2 is 1.35 bits per heavy atom. The molecule has 0 saturated carbocycles. The van der Waals surface area contributed by atoms with Crippen LogP contribution in [0.2, 0.25) is 0 Å². The first kappa shape index (κ1) is 19.4. The standard InChI is InChI=1S/C20H31NO2/c1-9-21(10-2)17(22)13-14-11-15(19(3,4)5)18(23)16(12-14)20(6,7)8/h11-13H,9-10H2,1-8H3. The van der Waals surface area contributed by atoms with Crippen molar-refractivity contribution in [2.45, 2.75) is 55.4 Å². The van der Waals surface area contributed by atoms with E-state index in [-0.39, 0.29) is 22.5 Å². The molecule has 0 saturated heterocycles. The fourth-order valence-electron chi connectivity index (χ4n) is 2.62. The van der Waals surface area contributed by atoms with E-state index in [0.717, 1.165) is 16.7 Å². The number of hydrogen-bond donors (Lipinski definition) is 0. The zero-order valence-electron chi connectivity index (χ0n) is 15.9.